The molecule has 0 amide bonds. The van der Waals surface area contributed by atoms with Gasteiger partial charge in [0.1, 0.15) is 0 Å². The Bertz CT molecular complexity index is 693. The minimum absolute atomic E-state index is 0.123. The zero-order chi connectivity index (χ0) is 21.8. The zero-order valence-electron chi connectivity index (χ0n) is 19.3. The predicted octanol–water partition coefficient (Wildman–Crippen LogP) is 8.17. The number of likely N-dealkylation sites (tertiary alicyclic amines) is 1. The highest BCUT2D eigenvalue weighted by atomic mass is 35.5. The highest BCUT2D eigenvalue weighted by molar-refractivity contribution is 7.99. The second-order valence-electron chi connectivity index (χ2n) is 9.77. The molecule has 0 spiro atoms. The van der Waals surface area contributed by atoms with Crippen LogP contribution in [0.3, 0.4) is 0 Å². The first-order valence-corrected chi connectivity index (χ1v) is 12.4. The lowest BCUT2D eigenvalue weighted by Crippen LogP contribution is -2.44. The largest absolute Gasteiger partial charge is 0.288 e. The first kappa shape index (κ1) is 24.6. The molecule has 0 aromatic heterocycles. The number of nitrogens with zero attached hydrogens (tertiary/aromatic N) is 1. The van der Waals surface area contributed by atoms with Crippen LogP contribution in [-0.2, 0) is 0 Å². The Labute approximate surface area is 189 Å². The minimum atomic E-state index is 0.123. The van der Waals surface area contributed by atoms with Gasteiger partial charge >= 0.3 is 0 Å². The summed E-state index contributed by atoms with van der Waals surface area (Å²) in [5.74, 6) is 1.75. The molecule has 0 aliphatic carbocycles. The van der Waals surface area contributed by atoms with Gasteiger partial charge in [-0.3, -0.25) is 4.90 Å². The van der Waals surface area contributed by atoms with Crippen LogP contribution in [0.1, 0.15) is 72.4 Å². The van der Waals surface area contributed by atoms with Gasteiger partial charge in [-0.05, 0) is 60.5 Å². The summed E-state index contributed by atoms with van der Waals surface area (Å²) in [4.78, 5) is 2.75. The molecule has 2 rings (SSSR count). The molecule has 1 aliphatic heterocycles. The summed E-state index contributed by atoms with van der Waals surface area (Å²) >= 11 is 8.27. The maximum Gasteiger partial charge on any atom is 0.0406 e. The first-order chi connectivity index (χ1) is 13.5. The molecule has 0 saturated carbocycles. The van der Waals surface area contributed by atoms with Crippen molar-refractivity contribution in [2.24, 2.45) is 11.3 Å². The number of hydrogen-bond acceptors (Lipinski definition) is 2. The third-order valence-electron chi connectivity index (χ3n) is 6.34. The third kappa shape index (κ3) is 6.64. The number of benzene rings is 1. The van der Waals surface area contributed by atoms with Crippen LogP contribution < -0.4 is 0 Å². The van der Waals surface area contributed by atoms with E-state index in [0.29, 0.717) is 23.3 Å². The zero-order valence-corrected chi connectivity index (χ0v) is 20.9. The van der Waals surface area contributed by atoms with E-state index < -0.39 is 0 Å². The van der Waals surface area contributed by atoms with Crippen LogP contribution in [0.2, 0.25) is 5.02 Å². The van der Waals surface area contributed by atoms with E-state index in [4.69, 9.17) is 11.6 Å². The molecule has 3 atom stereocenters. The van der Waals surface area contributed by atoms with E-state index in [0.717, 1.165) is 36.6 Å². The second kappa shape index (κ2) is 10.6. The highest BCUT2D eigenvalue weighted by Gasteiger charge is 2.39. The summed E-state index contributed by atoms with van der Waals surface area (Å²) in [5, 5.41) is 1.45. The summed E-state index contributed by atoms with van der Waals surface area (Å²) < 4.78 is 0. The van der Waals surface area contributed by atoms with Gasteiger partial charge in [0.15, 0.2) is 0 Å². The third-order valence-corrected chi connectivity index (χ3v) is 7.79. The van der Waals surface area contributed by atoms with Crippen molar-refractivity contribution in [3.05, 3.63) is 59.2 Å². The lowest BCUT2D eigenvalue weighted by atomic mass is 9.74. The quantitative estimate of drug-likeness (QED) is 0.380. The summed E-state index contributed by atoms with van der Waals surface area (Å²) in [6.07, 6.45) is 3.31. The first-order valence-electron chi connectivity index (χ1n) is 11.0. The number of halogens is 1. The lowest BCUT2D eigenvalue weighted by molar-refractivity contribution is 0.127. The van der Waals surface area contributed by atoms with Crippen LogP contribution in [0.15, 0.2) is 48.6 Å². The normalized spacial score (nSPS) is 24.7. The minimum Gasteiger partial charge on any atom is -0.288 e. The molecule has 3 heteroatoms. The van der Waals surface area contributed by atoms with Crippen LogP contribution in [0.25, 0.3) is 0 Å². The Balaban J connectivity index is 2.43. The van der Waals surface area contributed by atoms with Crippen molar-refractivity contribution in [2.75, 3.05) is 12.3 Å². The number of rotatable bonds is 8. The molecular weight excluding hydrogens is 394 g/mol. The fourth-order valence-corrected chi connectivity index (χ4v) is 5.84. The van der Waals surface area contributed by atoms with Crippen LogP contribution in [0.4, 0.5) is 0 Å². The molecule has 1 aromatic rings. The lowest BCUT2D eigenvalue weighted by Gasteiger charge is -2.40. The van der Waals surface area contributed by atoms with Crippen molar-refractivity contribution in [3.63, 3.8) is 0 Å². The summed E-state index contributed by atoms with van der Waals surface area (Å²) in [6.45, 7) is 23.6. The molecule has 29 heavy (non-hydrogen) atoms. The molecule has 1 aliphatic rings. The van der Waals surface area contributed by atoms with E-state index in [2.05, 4.69) is 83.5 Å². The Kier molecular flexibility index (Phi) is 8.94. The fraction of sp³-hybridized carbons (Fsp3) is 0.615. The maximum atomic E-state index is 6.20. The summed E-state index contributed by atoms with van der Waals surface area (Å²) in [5.41, 5.74) is 4.11. The molecular formula is C26H40ClNS. The summed E-state index contributed by atoms with van der Waals surface area (Å²) in [6, 6.07) is 9.43. The van der Waals surface area contributed by atoms with Gasteiger partial charge in [0, 0.05) is 29.4 Å². The average Bonchev–Trinajstić information content (AvgIpc) is 2.72. The van der Waals surface area contributed by atoms with Crippen molar-refractivity contribution in [1.82, 2.24) is 4.90 Å². The van der Waals surface area contributed by atoms with Gasteiger partial charge in [-0.25, -0.2) is 0 Å². The number of hydrogen-bond donors (Lipinski definition) is 0. The van der Waals surface area contributed by atoms with Gasteiger partial charge in [0.2, 0.25) is 0 Å². The van der Waals surface area contributed by atoms with E-state index in [1.165, 1.54) is 16.7 Å². The standard InChI is InChI=1S/C26H40ClNS/c1-18(2)15-26(8)14-13-24(22-9-11-23(27)12-10-22)28(16-21(26)7)25(19(3)4)17-29-20(5)6/h9-12,19-20,24-25H,1,7,13-17H2,2-6,8H3. The molecule has 0 bridgehead atoms. The number of thioether (sulfide) groups is 1. The molecule has 1 saturated heterocycles. The van der Waals surface area contributed by atoms with Crippen LogP contribution in [0, 0.1) is 11.3 Å². The Morgan fingerprint density at radius 1 is 1.24 bits per heavy atom. The fourth-order valence-electron chi connectivity index (χ4n) is 4.55. The van der Waals surface area contributed by atoms with Gasteiger partial charge in [-0.2, -0.15) is 11.8 Å². The van der Waals surface area contributed by atoms with Gasteiger partial charge in [0.25, 0.3) is 0 Å². The van der Waals surface area contributed by atoms with E-state index >= 15 is 0 Å². The van der Waals surface area contributed by atoms with E-state index in [-0.39, 0.29) is 5.41 Å². The topological polar surface area (TPSA) is 3.24 Å². The van der Waals surface area contributed by atoms with Crippen molar-refractivity contribution in [1.29, 1.82) is 0 Å². The van der Waals surface area contributed by atoms with Gasteiger partial charge in [0.05, 0.1) is 0 Å². The van der Waals surface area contributed by atoms with E-state index in [1.54, 1.807) is 0 Å². The Hall–Kier alpha value is -0.700. The van der Waals surface area contributed by atoms with Gasteiger partial charge in [-0.1, -0.05) is 76.1 Å². The van der Waals surface area contributed by atoms with Crippen molar-refractivity contribution >= 4 is 23.4 Å². The molecule has 1 fully saturated rings. The van der Waals surface area contributed by atoms with Crippen molar-refractivity contribution in [3.8, 4) is 0 Å². The average molecular weight is 434 g/mol. The summed E-state index contributed by atoms with van der Waals surface area (Å²) in [7, 11) is 0. The second-order valence-corrected chi connectivity index (χ2v) is 11.8. The van der Waals surface area contributed by atoms with Crippen LogP contribution in [0.5, 0.6) is 0 Å². The van der Waals surface area contributed by atoms with Crippen LogP contribution in [-0.4, -0.2) is 28.5 Å². The van der Waals surface area contributed by atoms with E-state index in [9.17, 15) is 0 Å². The molecule has 1 aromatic carbocycles. The number of allylic oxidation sites excluding steroid dienone is 1. The van der Waals surface area contributed by atoms with Crippen molar-refractivity contribution < 1.29 is 0 Å². The van der Waals surface area contributed by atoms with Gasteiger partial charge in [-0.15, -0.1) is 6.58 Å². The van der Waals surface area contributed by atoms with E-state index in [1.807, 2.05) is 12.1 Å². The molecule has 3 unspecified atom stereocenters. The highest BCUT2D eigenvalue weighted by Crippen LogP contribution is 2.46. The Morgan fingerprint density at radius 3 is 2.38 bits per heavy atom. The monoisotopic (exact) mass is 433 g/mol. The molecule has 0 radical (unpaired) electrons. The predicted molar refractivity (Wildman–Crippen MR) is 133 cm³/mol. The smallest absolute Gasteiger partial charge is 0.0406 e. The molecule has 0 N–H and O–H groups in total. The SMILES string of the molecule is C=C(C)CC1(C)CCC(c2ccc(Cl)cc2)N(C(CSC(C)C)C(C)C)CC1=C. The maximum absolute atomic E-state index is 6.20. The molecule has 1 nitrogen and oxygen atoms in total. The van der Waals surface area contributed by atoms with Crippen molar-refractivity contribution in [2.45, 2.75) is 78.1 Å². The van der Waals surface area contributed by atoms with Crippen LogP contribution >= 0.6 is 23.4 Å². The Morgan fingerprint density at radius 2 is 1.86 bits per heavy atom. The molecule has 1 heterocycles. The van der Waals surface area contributed by atoms with Gasteiger partial charge < -0.3 is 0 Å². The molecule has 162 valence electrons.